The van der Waals surface area contributed by atoms with Crippen molar-refractivity contribution in [2.24, 2.45) is 0 Å². The predicted molar refractivity (Wildman–Crippen MR) is 107 cm³/mol. The van der Waals surface area contributed by atoms with E-state index in [9.17, 15) is 4.79 Å². The van der Waals surface area contributed by atoms with Gasteiger partial charge in [0.1, 0.15) is 12.1 Å². The maximum absolute atomic E-state index is 12.7. The van der Waals surface area contributed by atoms with Crippen molar-refractivity contribution in [1.82, 2.24) is 21.2 Å². The van der Waals surface area contributed by atoms with Crippen molar-refractivity contribution in [3.05, 3.63) is 33.8 Å². The molecule has 0 spiro atoms. The number of benzene rings is 1. The number of nitrogens with zero attached hydrogens (tertiary/aromatic N) is 1. The molecule has 1 amide bonds. The van der Waals surface area contributed by atoms with Gasteiger partial charge in [0.15, 0.2) is 0 Å². The van der Waals surface area contributed by atoms with Gasteiger partial charge >= 0.3 is 0 Å². The Morgan fingerprint density at radius 1 is 1.29 bits per heavy atom. The SMILES string of the molecule is CN1NC(Cc2ccc(Cl)c(Cl)c2)CC1NC(=O)C1CC(C2CCCO2)ON1. The van der Waals surface area contributed by atoms with E-state index in [0.717, 1.165) is 37.9 Å². The first-order valence-corrected chi connectivity index (χ1v) is 10.5. The summed E-state index contributed by atoms with van der Waals surface area (Å²) in [5, 5.41) is 6.18. The average Bonchev–Trinajstić information content (AvgIpc) is 3.40. The summed E-state index contributed by atoms with van der Waals surface area (Å²) in [5.41, 5.74) is 7.39. The Morgan fingerprint density at radius 2 is 2.14 bits per heavy atom. The Bertz CT molecular complexity index is 716. The molecule has 3 saturated heterocycles. The molecule has 0 aromatic heterocycles. The van der Waals surface area contributed by atoms with Gasteiger partial charge in [-0.2, -0.15) is 5.48 Å². The van der Waals surface area contributed by atoms with E-state index < -0.39 is 0 Å². The van der Waals surface area contributed by atoms with Gasteiger partial charge in [-0.15, -0.1) is 0 Å². The lowest BCUT2D eigenvalue weighted by Crippen LogP contribution is -2.50. The van der Waals surface area contributed by atoms with Gasteiger partial charge < -0.3 is 10.1 Å². The van der Waals surface area contributed by atoms with Gasteiger partial charge in [-0.3, -0.25) is 15.1 Å². The number of hydrogen-bond donors (Lipinski definition) is 3. The van der Waals surface area contributed by atoms with Gasteiger partial charge in [-0.05, 0) is 43.4 Å². The summed E-state index contributed by atoms with van der Waals surface area (Å²) in [6, 6.07) is 5.54. The van der Waals surface area contributed by atoms with E-state index in [0.29, 0.717) is 16.5 Å². The maximum Gasteiger partial charge on any atom is 0.240 e. The highest BCUT2D eigenvalue weighted by Crippen LogP contribution is 2.26. The van der Waals surface area contributed by atoms with Crippen LogP contribution >= 0.6 is 23.2 Å². The van der Waals surface area contributed by atoms with E-state index in [1.165, 1.54) is 0 Å². The van der Waals surface area contributed by atoms with Crippen LogP contribution in [-0.4, -0.2) is 55.0 Å². The Morgan fingerprint density at radius 3 is 2.89 bits per heavy atom. The van der Waals surface area contributed by atoms with Crippen molar-refractivity contribution in [2.45, 2.75) is 62.6 Å². The molecule has 7 nitrogen and oxygen atoms in total. The molecule has 1 aromatic rings. The van der Waals surface area contributed by atoms with Crippen LogP contribution in [0.1, 0.15) is 31.2 Å². The van der Waals surface area contributed by atoms with Gasteiger partial charge in [0.05, 0.1) is 22.3 Å². The Labute approximate surface area is 174 Å². The quantitative estimate of drug-likeness (QED) is 0.665. The van der Waals surface area contributed by atoms with E-state index in [1.807, 2.05) is 30.3 Å². The summed E-state index contributed by atoms with van der Waals surface area (Å²) >= 11 is 12.1. The zero-order valence-corrected chi connectivity index (χ0v) is 17.3. The second-order valence-corrected chi connectivity index (χ2v) is 8.58. The van der Waals surface area contributed by atoms with Crippen molar-refractivity contribution >= 4 is 29.1 Å². The molecule has 0 saturated carbocycles. The molecule has 3 heterocycles. The largest absolute Gasteiger partial charge is 0.375 e. The van der Waals surface area contributed by atoms with Gasteiger partial charge in [0.2, 0.25) is 5.91 Å². The van der Waals surface area contributed by atoms with Crippen LogP contribution in [0.4, 0.5) is 0 Å². The molecule has 4 rings (SSSR count). The highest BCUT2D eigenvalue weighted by Gasteiger charge is 2.39. The first kappa shape index (κ1) is 20.3. The first-order chi connectivity index (χ1) is 13.5. The minimum absolute atomic E-state index is 0.0469. The minimum atomic E-state index is -0.350. The van der Waals surface area contributed by atoms with Crippen LogP contribution < -0.4 is 16.2 Å². The standard InChI is InChI=1S/C19H26Cl2N4O3/c1-25-18(9-12(23-25)7-11-4-5-13(20)14(21)8-11)22-19(26)15-10-17(28-24-15)16-3-2-6-27-16/h4-5,8,12,15-18,23-24H,2-3,6-7,9-10H2,1H3,(H,22,26). The molecular weight excluding hydrogens is 403 g/mol. The number of hydrazine groups is 1. The predicted octanol–water partition coefficient (Wildman–Crippen LogP) is 2.03. The van der Waals surface area contributed by atoms with Gasteiger partial charge in [-0.25, -0.2) is 5.01 Å². The fourth-order valence-electron chi connectivity index (χ4n) is 4.14. The number of carbonyl (C=O) groups is 1. The van der Waals surface area contributed by atoms with Gasteiger partial charge in [0.25, 0.3) is 0 Å². The van der Waals surface area contributed by atoms with Crippen molar-refractivity contribution in [1.29, 1.82) is 0 Å². The second-order valence-electron chi connectivity index (χ2n) is 7.76. The van der Waals surface area contributed by atoms with Crippen LogP contribution in [0, 0.1) is 0 Å². The monoisotopic (exact) mass is 428 g/mol. The van der Waals surface area contributed by atoms with E-state index in [1.54, 1.807) is 0 Å². The Hall–Kier alpha value is -0.930. The summed E-state index contributed by atoms with van der Waals surface area (Å²) in [5.74, 6) is -0.0469. The van der Waals surface area contributed by atoms with Crippen molar-refractivity contribution < 1.29 is 14.4 Å². The van der Waals surface area contributed by atoms with Crippen LogP contribution in [0.3, 0.4) is 0 Å². The summed E-state index contributed by atoms with van der Waals surface area (Å²) in [6.07, 6.45) is 4.24. The third-order valence-corrected chi connectivity index (χ3v) is 6.40. The number of halogens is 2. The molecule has 3 aliphatic heterocycles. The molecular formula is C19H26Cl2N4O3. The number of hydrogen-bond acceptors (Lipinski definition) is 6. The molecule has 3 N–H and O–H groups in total. The molecule has 5 unspecified atom stereocenters. The third kappa shape index (κ3) is 4.62. The van der Waals surface area contributed by atoms with Crippen LogP contribution in [0.5, 0.6) is 0 Å². The van der Waals surface area contributed by atoms with Crippen molar-refractivity contribution in [2.75, 3.05) is 13.7 Å². The molecule has 0 radical (unpaired) electrons. The van der Waals surface area contributed by atoms with E-state index in [2.05, 4.69) is 16.2 Å². The lowest BCUT2D eigenvalue weighted by molar-refractivity contribution is -0.126. The summed E-state index contributed by atoms with van der Waals surface area (Å²) in [7, 11) is 1.94. The number of amides is 1. The zero-order chi connectivity index (χ0) is 19.7. The van der Waals surface area contributed by atoms with E-state index in [-0.39, 0.29) is 36.4 Å². The molecule has 3 fully saturated rings. The number of carbonyl (C=O) groups excluding carboxylic acids is 1. The van der Waals surface area contributed by atoms with Crippen molar-refractivity contribution in [3.63, 3.8) is 0 Å². The number of ether oxygens (including phenoxy) is 1. The van der Waals surface area contributed by atoms with Crippen LogP contribution in [0.25, 0.3) is 0 Å². The molecule has 5 atom stereocenters. The lowest BCUT2D eigenvalue weighted by Gasteiger charge is -2.21. The molecule has 154 valence electrons. The van der Waals surface area contributed by atoms with Gasteiger partial charge in [0, 0.05) is 26.1 Å². The van der Waals surface area contributed by atoms with Crippen molar-refractivity contribution in [3.8, 4) is 0 Å². The Balaban J connectivity index is 1.27. The van der Waals surface area contributed by atoms with E-state index in [4.69, 9.17) is 32.8 Å². The maximum atomic E-state index is 12.7. The molecule has 3 aliphatic rings. The second kappa shape index (κ2) is 8.83. The highest BCUT2D eigenvalue weighted by molar-refractivity contribution is 6.42. The topological polar surface area (TPSA) is 74.9 Å². The minimum Gasteiger partial charge on any atom is -0.375 e. The fraction of sp³-hybridized carbons (Fsp3) is 0.632. The number of rotatable bonds is 5. The zero-order valence-electron chi connectivity index (χ0n) is 15.8. The smallest absolute Gasteiger partial charge is 0.240 e. The molecule has 1 aromatic carbocycles. The van der Waals surface area contributed by atoms with Gasteiger partial charge in [-0.1, -0.05) is 29.3 Å². The number of nitrogens with one attached hydrogen (secondary N) is 3. The fourth-order valence-corrected chi connectivity index (χ4v) is 4.46. The normalized spacial score (nSPS) is 33.5. The first-order valence-electron chi connectivity index (χ1n) is 9.75. The highest BCUT2D eigenvalue weighted by atomic mass is 35.5. The molecule has 0 bridgehead atoms. The summed E-state index contributed by atoms with van der Waals surface area (Å²) in [4.78, 5) is 18.3. The van der Waals surface area contributed by atoms with Crippen LogP contribution in [0.15, 0.2) is 18.2 Å². The molecule has 9 heteroatoms. The molecule has 0 aliphatic carbocycles. The van der Waals surface area contributed by atoms with E-state index >= 15 is 0 Å². The summed E-state index contributed by atoms with van der Waals surface area (Å²) in [6.45, 7) is 0.778. The number of hydroxylamine groups is 1. The molecule has 28 heavy (non-hydrogen) atoms. The lowest BCUT2D eigenvalue weighted by atomic mass is 10.0. The average molecular weight is 429 g/mol. The summed E-state index contributed by atoms with van der Waals surface area (Å²) < 4.78 is 5.67. The Kier molecular flexibility index (Phi) is 6.42. The third-order valence-electron chi connectivity index (χ3n) is 5.66. The van der Waals surface area contributed by atoms with Crippen LogP contribution in [0.2, 0.25) is 10.0 Å². The van der Waals surface area contributed by atoms with Crippen LogP contribution in [-0.2, 0) is 20.8 Å².